The van der Waals surface area contributed by atoms with Crippen molar-refractivity contribution in [1.29, 1.82) is 0 Å². The molecule has 1 fully saturated rings. The summed E-state index contributed by atoms with van der Waals surface area (Å²) >= 11 is 0. The molecule has 0 aliphatic carbocycles. The SMILES string of the molecule is CC(C)S(=O)(=O)N1CCC(c2nccc(N)n2)C1. The summed E-state index contributed by atoms with van der Waals surface area (Å²) in [5.74, 6) is 1.10. The van der Waals surface area contributed by atoms with Crippen LogP contribution in [0.4, 0.5) is 5.82 Å². The second kappa shape index (κ2) is 4.81. The summed E-state index contributed by atoms with van der Waals surface area (Å²) in [6.07, 6.45) is 2.35. The molecule has 0 aromatic carbocycles. The minimum absolute atomic E-state index is 0.0435. The number of nitrogens with zero attached hydrogens (tertiary/aromatic N) is 3. The van der Waals surface area contributed by atoms with Gasteiger partial charge in [0, 0.05) is 25.2 Å². The van der Waals surface area contributed by atoms with E-state index in [9.17, 15) is 8.42 Å². The molecule has 100 valence electrons. The number of sulfonamides is 1. The number of hydrogen-bond donors (Lipinski definition) is 1. The van der Waals surface area contributed by atoms with Crippen LogP contribution >= 0.6 is 0 Å². The van der Waals surface area contributed by atoms with E-state index < -0.39 is 15.3 Å². The van der Waals surface area contributed by atoms with E-state index in [0.29, 0.717) is 24.7 Å². The van der Waals surface area contributed by atoms with Crippen LogP contribution in [0.3, 0.4) is 0 Å². The Morgan fingerprint density at radius 2 is 2.22 bits per heavy atom. The maximum atomic E-state index is 12.0. The molecule has 0 spiro atoms. The van der Waals surface area contributed by atoms with Gasteiger partial charge in [-0.1, -0.05) is 0 Å². The fraction of sp³-hybridized carbons (Fsp3) is 0.636. The first-order valence-corrected chi connectivity index (χ1v) is 7.49. The van der Waals surface area contributed by atoms with Gasteiger partial charge < -0.3 is 5.73 Å². The predicted octanol–water partition coefficient (Wildman–Crippen LogP) is 0.586. The van der Waals surface area contributed by atoms with Crippen molar-refractivity contribution < 1.29 is 8.42 Å². The Kier molecular flexibility index (Phi) is 3.54. The second-order valence-electron chi connectivity index (χ2n) is 4.78. The zero-order valence-electron chi connectivity index (χ0n) is 10.6. The highest BCUT2D eigenvalue weighted by Crippen LogP contribution is 2.28. The van der Waals surface area contributed by atoms with E-state index in [1.54, 1.807) is 26.1 Å². The van der Waals surface area contributed by atoms with Crippen LogP contribution in [-0.4, -0.2) is 41.0 Å². The first kappa shape index (κ1) is 13.2. The van der Waals surface area contributed by atoms with Crippen molar-refractivity contribution in [2.45, 2.75) is 31.4 Å². The van der Waals surface area contributed by atoms with Gasteiger partial charge >= 0.3 is 0 Å². The number of anilines is 1. The molecule has 1 atom stereocenters. The number of nitrogen functional groups attached to an aromatic ring is 1. The van der Waals surface area contributed by atoms with Crippen molar-refractivity contribution in [3.63, 3.8) is 0 Å². The van der Waals surface area contributed by atoms with Crippen molar-refractivity contribution in [2.75, 3.05) is 18.8 Å². The van der Waals surface area contributed by atoms with E-state index >= 15 is 0 Å². The molecule has 7 heteroatoms. The van der Waals surface area contributed by atoms with Gasteiger partial charge in [0.25, 0.3) is 0 Å². The molecule has 18 heavy (non-hydrogen) atoms. The van der Waals surface area contributed by atoms with Crippen LogP contribution in [0.2, 0.25) is 0 Å². The molecule has 2 heterocycles. The summed E-state index contributed by atoms with van der Waals surface area (Å²) in [6, 6.07) is 1.63. The van der Waals surface area contributed by atoms with Gasteiger partial charge in [0.2, 0.25) is 10.0 Å². The summed E-state index contributed by atoms with van der Waals surface area (Å²) in [5, 5.41) is -0.391. The third kappa shape index (κ3) is 2.46. The maximum Gasteiger partial charge on any atom is 0.216 e. The second-order valence-corrected chi connectivity index (χ2v) is 7.27. The number of aromatic nitrogens is 2. The number of hydrogen-bond acceptors (Lipinski definition) is 5. The van der Waals surface area contributed by atoms with Crippen LogP contribution in [-0.2, 0) is 10.0 Å². The largest absolute Gasteiger partial charge is 0.384 e. The minimum Gasteiger partial charge on any atom is -0.384 e. The van der Waals surface area contributed by atoms with Gasteiger partial charge in [-0.15, -0.1) is 0 Å². The Hall–Kier alpha value is -1.21. The average molecular weight is 270 g/mol. The van der Waals surface area contributed by atoms with Gasteiger partial charge in [-0.25, -0.2) is 22.7 Å². The van der Waals surface area contributed by atoms with Crippen LogP contribution in [0.15, 0.2) is 12.3 Å². The van der Waals surface area contributed by atoms with Crippen LogP contribution in [0.5, 0.6) is 0 Å². The van der Waals surface area contributed by atoms with E-state index in [-0.39, 0.29) is 5.92 Å². The molecule has 1 aliphatic heterocycles. The lowest BCUT2D eigenvalue weighted by atomic mass is 10.1. The van der Waals surface area contributed by atoms with Crippen molar-refractivity contribution in [1.82, 2.24) is 14.3 Å². The molecular formula is C11H18N4O2S. The third-order valence-electron chi connectivity index (χ3n) is 3.17. The molecule has 1 aromatic heterocycles. The van der Waals surface area contributed by atoms with Crippen molar-refractivity contribution >= 4 is 15.8 Å². The molecule has 1 unspecified atom stereocenters. The summed E-state index contributed by atoms with van der Waals surface area (Å²) < 4.78 is 25.6. The summed E-state index contributed by atoms with van der Waals surface area (Å²) in [6.45, 7) is 4.37. The van der Waals surface area contributed by atoms with Gasteiger partial charge in [-0.2, -0.15) is 0 Å². The Morgan fingerprint density at radius 3 is 2.83 bits per heavy atom. The topological polar surface area (TPSA) is 89.2 Å². The fourth-order valence-corrected chi connectivity index (χ4v) is 3.40. The zero-order chi connectivity index (χ0) is 13.3. The molecule has 0 amide bonds. The zero-order valence-corrected chi connectivity index (χ0v) is 11.4. The lowest BCUT2D eigenvalue weighted by Gasteiger charge is -2.18. The van der Waals surface area contributed by atoms with E-state index in [1.165, 1.54) is 4.31 Å². The minimum atomic E-state index is -3.18. The lowest BCUT2D eigenvalue weighted by Crippen LogP contribution is -2.34. The highest BCUT2D eigenvalue weighted by Gasteiger charge is 2.34. The molecule has 1 saturated heterocycles. The monoisotopic (exact) mass is 270 g/mol. The quantitative estimate of drug-likeness (QED) is 0.868. The fourth-order valence-electron chi connectivity index (χ4n) is 2.05. The van der Waals surface area contributed by atoms with E-state index in [0.717, 1.165) is 6.42 Å². The van der Waals surface area contributed by atoms with Crippen molar-refractivity contribution in [2.24, 2.45) is 0 Å². The average Bonchev–Trinajstić information content (AvgIpc) is 2.78. The summed E-state index contributed by atoms with van der Waals surface area (Å²) in [4.78, 5) is 8.33. The summed E-state index contributed by atoms with van der Waals surface area (Å²) in [7, 11) is -3.18. The van der Waals surface area contributed by atoms with Gasteiger partial charge in [0.1, 0.15) is 11.6 Å². The molecule has 1 aliphatic rings. The molecule has 0 bridgehead atoms. The maximum absolute atomic E-state index is 12.0. The van der Waals surface area contributed by atoms with E-state index in [2.05, 4.69) is 9.97 Å². The van der Waals surface area contributed by atoms with Gasteiger partial charge in [-0.3, -0.25) is 0 Å². The molecule has 1 aromatic rings. The van der Waals surface area contributed by atoms with E-state index in [1.807, 2.05) is 0 Å². The molecule has 0 saturated carbocycles. The molecule has 0 radical (unpaired) electrons. The van der Waals surface area contributed by atoms with Crippen molar-refractivity contribution in [3.05, 3.63) is 18.1 Å². The predicted molar refractivity (Wildman–Crippen MR) is 69.4 cm³/mol. The van der Waals surface area contributed by atoms with Crippen LogP contribution < -0.4 is 5.73 Å². The van der Waals surface area contributed by atoms with Crippen LogP contribution in [0, 0.1) is 0 Å². The molecular weight excluding hydrogens is 252 g/mol. The highest BCUT2D eigenvalue weighted by atomic mass is 32.2. The van der Waals surface area contributed by atoms with Gasteiger partial charge in [-0.05, 0) is 26.3 Å². The lowest BCUT2D eigenvalue weighted by molar-refractivity contribution is 0.464. The molecule has 2 N–H and O–H groups in total. The van der Waals surface area contributed by atoms with Gasteiger partial charge in [0.05, 0.1) is 5.25 Å². The highest BCUT2D eigenvalue weighted by molar-refractivity contribution is 7.89. The Morgan fingerprint density at radius 1 is 1.50 bits per heavy atom. The Labute approximate surface area is 107 Å². The first-order chi connectivity index (χ1) is 8.41. The molecule has 2 rings (SSSR count). The summed E-state index contributed by atoms with van der Waals surface area (Å²) in [5.41, 5.74) is 5.61. The molecule has 6 nitrogen and oxygen atoms in total. The van der Waals surface area contributed by atoms with E-state index in [4.69, 9.17) is 5.73 Å². The Balaban J connectivity index is 2.14. The number of rotatable bonds is 3. The van der Waals surface area contributed by atoms with Crippen LogP contribution in [0.1, 0.15) is 32.0 Å². The van der Waals surface area contributed by atoms with Gasteiger partial charge in [0.15, 0.2) is 0 Å². The normalized spacial score (nSPS) is 21.6. The van der Waals surface area contributed by atoms with Crippen LogP contribution in [0.25, 0.3) is 0 Å². The smallest absolute Gasteiger partial charge is 0.216 e. The third-order valence-corrected chi connectivity index (χ3v) is 5.41. The van der Waals surface area contributed by atoms with Crippen molar-refractivity contribution in [3.8, 4) is 0 Å². The number of nitrogens with two attached hydrogens (primary N) is 1. The standard InChI is InChI=1S/C11H18N4O2S/c1-8(2)18(16,17)15-6-4-9(7-15)11-13-5-3-10(12)14-11/h3,5,8-9H,4,6-7H2,1-2H3,(H2,12,13,14). The Bertz CT molecular complexity index is 530. The first-order valence-electron chi connectivity index (χ1n) is 5.98.